The molecule has 0 spiro atoms. The van der Waals surface area contributed by atoms with Crippen LogP contribution >= 0.6 is 0 Å². The van der Waals surface area contributed by atoms with Gasteiger partial charge < -0.3 is 10.1 Å². The van der Waals surface area contributed by atoms with Crippen molar-refractivity contribution >= 4 is 5.95 Å². The molecule has 0 aliphatic heterocycles. The second-order valence-electron chi connectivity index (χ2n) is 3.70. The van der Waals surface area contributed by atoms with Crippen LogP contribution in [-0.2, 0) is 0 Å². The maximum Gasteiger partial charge on any atom is 0.456 e. The first-order valence-corrected chi connectivity index (χ1v) is 5.32. The zero-order valence-electron chi connectivity index (χ0n) is 10.2. The maximum absolute atomic E-state index is 12.7. The molecule has 1 aromatic rings. The Hall–Kier alpha value is -1.67. The molecule has 0 aliphatic carbocycles. The van der Waals surface area contributed by atoms with E-state index in [0.717, 1.165) is 0 Å². The highest BCUT2D eigenvalue weighted by atomic mass is 19.4. The van der Waals surface area contributed by atoms with Gasteiger partial charge in [0.2, 0.25) is 11.8 Å². The zero-order valence-corrected chi connectivity index (χ0v) is 10.2. The normalized spacial score (nSPS) is 12.4. The van der Waals surface area contributed by atoms with Crippen LogP contribution in [0.2, 0.25) is 0 Å². The van der Waals surface area contributed by atoms with Gasteiger partial charge in [0.05, 0.1) is 0 Å². The predicted molar refractivity (Wildman–Crippen MR) is 57.4 cm³/mol. The highest BCUT2D eigenvalue weighted by molar-refractivity contribution is 5.32. The zero-order chi connectivity index (χ0) is 14.7. The van der Waals surface area contributed by atoms with Crippen molar-refractivity contribution < 1.29 is 26.7 Å². The van der Waals surface area contributed by atoms with E-state index in [0.29, 0.717) is 6.54 Å². The molecule has 0 fully saturated rings. The Balaban J connectivity index is 2.80. The molecule has 0 radical (unpaired) electrons. The van der Waals surface area contributed by atoms with Gasteiger partial charge in [-0.25, -0.2) is 4.98 Å². The Morgan fingerprint density at radius 1 is 1.26 bits per heavy atom. The third-order valence-electron chi connectivity index (χ3n) is 2.07. The van der Waals surface area contributed by atoms with E-state index in [1.54, 1.807) is 6.92 Å². The van der Waals surface area contributed by atoms with Gasteiger partial charge >= 0.3 is 12.1 Å². The lowest BCUT2D eigenvalue weighted by Crippen LogP contribution is -2.42. The van der Waals surface area contributed by atoms with Gasteiger partial charge in [-0.15, -0.1) is 0 Å². The topological polar surface area (TPSA) is 47.0 Å². The van der Waals surface area contributed by atoms with Crippen molar-refractivity contribution in [3.05, 3.63) is 11.8 Å². The quantitative estimate of drug-likeness (QED) is 0.845. The monoisotopic (exact) mass is 285 g/mol. The third kappa shape index (κ3) is 3.90. The predicted octanol–water partition coefficient (Wildman–Crippen LogP) is 2.79. The van der Waals surface area contributed by atoms with Gasteiger partial charge in [-0.3, -0.25) is 0 Å². The smallest absolute Gasteiger partial charge is 0.456 e. The molecular formula is C10H12F5N3O. The molecule has 0 saturated carbocycles. The second-order valence-corrected chi connectivity index (χ2v) is 3.70. The summed E-state index contributed by atoms with van der Waals surface area (Å²) in [6.07, 6.45) is -4.38. The molecule has 0 bridgehead atoms. The number of halogens is 5. The van der Waals surface area contributed by atoms with E-state index < -0.39 is 18.7 Å². The summed E-state index contributed by atoms with van der Waals surface area (Å²) in [5.74, 6) is -5.14. The van der Waals surface area contributed by atoms with Crippen molar-refractivity contribution in [2.75, 3.05) is 18.5 Å². The molecule has 4 nitrogen and oxygen atoms in total. The number of rotatable bonds is 5. The number of aromatic nitrogens is 2. The number of anilines is 1. The standard InChI is InChI=1S/C10H12F5N3O/c1-3-16-8-17-4-6(2)7(18-8)19-5-9(11,12)10(13,14)15/h4H,3,5H2,1-2H3,(H,16,17,18). The molecule has 9 heteroatoms. The number of alkyl halides is 5. The van der Waals surface area contributed by atoms with Crippen LogP contribution in [0.4, 0.5) is 27.9 Å². The van der Waals surface area contributed by atoms with Gasteiger partial charge in [-0.1, -0.05) is 0 Å². The Kier molecular flexibility index (Phi) is 4.48. The lowest BCUT2D eigenvalue weighted by atomic mass is 10.3. The largest absolute Gasteiger partial charge is 0.471 e. The van der Waals surface area contributed by atoms with Crippen molar-refractivity contribution in [2.24, 2.45) is 0 Å². The summed E-state index contributed by atoms with van der Waals surface area (Å²) in [7, 11) is 0. The fourth-order valence-electron chi connectivity index (χ4n) is 1.06. The maximum atomic E-state index is 12.7. The summed E-state index contributed by atoms with van der Waals surface area (Å²) < 4.78 is 65.7. The minimum absolute atomic E-state index is 0.0958. The van der Waals surface area contributed by atoms with Crippen LogP contribution in [0.15, 0.2) is 6.20 Å². The molecule has 0 unspecified atom stereocenters. The molecule has 1 rings (SSSR count). The van der Waals surface area contributed by atoms with Crippen molar-refractivity contribution in [2.45, 2.75) is 25.9 Å². The average Bonchev–Trinajstić information content (AvgIpc) is 2.29. The highest BCUT2D eigenvalue weighted by Gasteiger charge is 2.58. The summed E-state index contributed by atoms with van der Waals surface area (Å²) in [6.45, 7) is 1.85. The van der Waals surface area contributed by atoms with Crippen molar-refractivity contribution in [3.63, 3.8) is 0 Å². The number of aryl methyl sites for hydroxylation is 1. The van der Waals surface area contributed by atoms with Crippen molar-refractivity contribution in [1.82, 2.24) is 9.97 Å². The molecule has 0 atom stereocenters. The lowest BCUT2D eigenvalue weighted by molar-refractivity contribution is -0.290. The minimum atomic E-state index is -5.65. The third-order valence-corrected chi connectivity index (χ3v) is 2.07. The summed E-state index contributed by atoms with van der Waals surface area (Å²) >= 11 is 0. The van der Waals surface area contributed by atoms with Crippen LogP contribution in [-0.4, -0.2) is 35.2 Å². The number of nitrogens with one attached hydrogen (secondary N) is 1. The van der Waals surface area contributed by atoms with E-state index >= 15 is 0 Å². The summed E-state index contributed by atoms with van der Waals surface area (Å²) in [5, 5.41) is 2.69. The average molecular weight is 285 g/mol. The van der Waals surface area contributed by atoms with Crippen LogP contribution in [0.25, 0.3) is 0 Å². The fourth-order valence-corrected chi connectivity index (χ4v) is 1.06. The molecule has 108 valence electrons. The van der Waals surface area contributed by atoms with Crippen LogP contribution in [0, 0.1) is 6.92 Å². The first-order valence-electron chi connectivity index (χ1n) is 5.32. The fraction of sp³-hybridized carbons (Fsp3) is 0.600. The molecule has 1 aromatic heterocycles. The molecular weight excluding hydrogens is 273 g/mol. The number of hydrogen-bond acceptors (Lipinski definition) is 4. The summed E-state index contributed by atoms with van der Waals surface area (Å²) in [6, 6.07) is 0. The first-order chi connectivity index (χ1) is 8.67. The Morgan fingerprint density at radius 2 is 1.89 bits per heavy atom. The molecule has 0 aromatic carbocycles. The Labute approximate surface area is 106 Å². The first kappa shape index (κ1) is 15.4. The highest BCUT2D eigenvalue weighted by Crippen LogP contribution is 2.35. The summed E-state index contributed by atoms with van der Waals surface area (Å²) in [5.41, 5.74) is 0.264. The lowest BCUT2D eigenvalue weighted by Gasteiger charge is -2.20. The van der Waals surface area contributed by atoms with Gasteiger partial charge in [0.15, 0.2) is 6.61 Å². The van der Waals surface area contributed by atoms with Gasteiger partial charge in [-0.2, -0.15) is 26.9 Å². The van der Waals surface area contributed by atoms with Gasteiger partial charge in [0.1, 0.15) is 0 Å². The van der Waals surface area contributed by atoms with Gasteiger partial charge in [0.25, 0.3) is 0 Å². The van der Waals surface area contributed by atoms with E-state index in [4.69, 9.17) is 0 Å². The van der Waals surface area contributed by atoms with Crippen molar-refractivity contribution in [3.8, 4) is 5.88 Å². The molecule has 1 N–H and O–H groups in total. The molecule has 0 aliphatic rings. The van der Waals surface area contributed by atoms with Crippen LogP contribution in [0.1, 0.15) is 12.5 Å². The number of hydrogen-bond donors (Lipinski definition) is 1. The number of nitrogens with zero attached hydrogens (tertiary/aromatic N) is 2. The SMILES string of the molecule is CCNc1ncc(C)c(OCC(F)(F)C(F)(F)F)n1. The van der Waals surface area contributed by atoms with Crippen LogP contribution in [0.3, 0.4) is 0 Å². The van der Waals surface area contributed by atoms with E-state index in [1.807, 2.05) is 0 Å². The Morgan fingerprint density at radius 3 is 2.42 bits per heavy atom. The van der Waals surface area contributed by atoms with E-state index in [-0.39, 0.29) is 17.4 Å². The second kappa shape index (κ2) is 5.54. The minimum Gasteiger partial charge on any atom is -0.471 e. The van der Waals surface area contributed by atoms with Gasteiger partial charge in [-0.05, 0) is 13.8 Å². The van der Waals surface area contributed by atoms with Gasteiger partial charge in [0, 0.05) is 18.3 Å². The van der Waals surface area contributed by atoms with E-state index in [1.165, 1.54) is 13.1 Å². The van der Waals surface area contributed by atoms with E-state index in [2.05, 4.69) is 20.0 Å². The Bertz CT molecular complexity index is 436. The molecule has 0 amide bonds. The van der Waals surface area contributed by atoms with Crippen molar-refractivity contribution in [1.29, 1.82) is 0 Å². The summed E-state index contributed by atoms with van der Waals surface area (Å²) in [4.78, 5) is 7.51. The number of ether oxygens (including phenoxy) is 1. The molecule has 0 saturated heterocycles. The van der Waals surface area contributed by atoms with Crippen LogP contribution in [0.5, 0.6) is 5.88 Å². The molecule has 1 heterocycles. The van der Waals surface area contributed by atoms with E-state index in [9.17, 15) is 22.0 Å². The molecule has 19 heavy (non-hydrogen) atoms. The van der Waals surface area contributed by atoms with Crippen LogP contribution < -0.4 is 10.1 Å².